The van der Waals surface area contributed by atoms with Crippen LogP contribution in [0.25, 0.3) is 0 Å². The zero-order valence-corrected chi connectivity index (χ0v) is 15.1. The van der Waals surface area contributed by atoms with Crippen molar-refractivity contribution in [3.63, 3.8) is 0 Å². The van der Waals surface area contributed by atoms with Crippen LogP contribution in [-0.2, 0) is 16.0 Å². The van der Waals surface area contributed by atoms with Crippen molar-refractivity contribution in [2.75, 3.05) is 18.5 Å². The molecule has 0 saturated carbocycles. The molecule has 1 aliphatic heterocycles. The number of nitrogens with zero attached hydrogens (tertiary/aromatic N) is 1. The number of likely N-dealkylation sites (tertiary alicyclic amines) is 1. The van der Waals surface area contributed by atoms with Crippen LogP contribution in [0, 0.1) is 0 Å². The minimum absolute atomic E-state index is 0.0750. The zero-order valence-electron chi connectivity index (χ0n) is 14.2. The number of hydrogen-bond acceptors (Lipinski definition) is 4. The summed E-state index contributed by atoms with van der Waals surface area (Å²) < 4.78 is 4.94. The van der Waals surface area contributed by atoms with Gasteiger partial charge in [0.2, 0.25) is 0 Å². The van der Waals surface area contributed by atoms with E-state index in [4.69, 9.17) is 4.74 Å². The maximum absolute atomic E-state index is 12.6. The molecule has 0 bridgehead atoms. The smallest absolute Gasteiger partial charge is 0.322 e. The fourth-order valence-electron chi connectivity index (χ4n) is 3.07. The molecule has 2 aromatic rings. The highest BCUT2D eigenvalue weighted by atomic mass is 32.1. The molecule has 0 unspecified atom stereocenters. The van der Waals surface area contributed by atoms with Crippen LogP contribution >= 0.6 is 11.3 Å². The number of hydrogen-bond donors (Lipinski definition) is 1. The van der Waals surface area contributed by atoms with E-state index in [-0.39, 0.29) is 24.5 Å². The molecule has 0 spiro atoms. The fourth-order valence-corrected chi connectivity index (χ4v) is 3.94. The second kappa shape index (κ2) is 8.16. The summed E-state index contributed by atoms with van der Waals surface area (Å²) in [5.41, 5.74) is 1.60. The molecule has 1 N–H and O–H groups in total. The summed E-state index contributed by atoms with van der Waals surface area (Å²) in [6.07, 6.45) is 2.27. The molecule has 25 heavy (non-hydrogen) atoms. The van der Waals surface area contributed by atoms with Gasteiger partial charge in [0.1, 0.15) is 0 Å². The van der Waals surface area contributed by atoms with E-state index in [0.29, 0.717) is 6.61 Å². The van der Waals surface area contributed by atoms with Crippen LogP contribution in [0.4, 0.5) is 10.5 Å². The van der Waals surface area contributed by atoms with Gasteiger partial charge in [-0.05, 0) is 48.9 Å². The molecule has 1 aromatic carbocycles. The first-order valence-corrected chi connectivity index (χ1v) is 9.41. The lowest BCUT2D eigenvalue weighted by molar-refractivity contribution is -0.142. The number of urea groups is 1. The highest BCUT2D eigenvalue weighted by Crippen LogP contribution is 2.34. The average Bonchev–Trinajstić information content (AvgIpc) is 3.28. The summed E-state index contributed by atoms with van der Waals surface area (Å²) >= 11 is 1.69. The minimum Gasteiger partial charge on any atom is -0.466 e. The number of nitrogens with one attached hydrogen (secondary N) is 1. The van der Waals surface area contributed by atoms with Crippen LogP contribution in [0.1, 0.15) is 36.2 Å². The lowest BCUT2D eigenvalue weighted by Gasteiger charge is -2.24. The van der Waals surface area contributed by atoms with Crippen molar-refractivity contribution in [1.29, 1.82) is 0 Å². The lowest BCUT2D eigenvalue weighted by atomic mass is 10.1. The van der Waals surface area contributed by atoms with Gasteiger partial charge >= 0.3 is 12.0 Å². The van der Waals surface area contributed by atoms with Crippen molar-refractivity contribution in [3.8, 4) is 0 Å². The molecule has 1 aliphatic rings. The normalized spacial score (nSPS) is 16.7. The first kappa shape index (κ1) is 17.5. The van der Waals surface area contributed by atoms with Gasteiger partial charge in [-0.25, -0.2) is 4.79 Å². The van der Waals surface area contributed by atoms with Gasteiger partial charge in [0.15, 0.2) is 0 Å². The lowest BCUT2D eigenvalue weighted by Crippen LogP contribution is -2.34. The van der Waals surface area contributed by atoms with Crippen molar-refractivity contribution in [1.82, 2.24) is 4.90 Å². The molecule has 1 saturated heterocycles. The molecule has 3 rings (SSSR count). The number of esters is 1. The monoisotopic (exact) mass is 358 g/mol. The van der Waals surface area contributed by atoms with Crippen molar-refractivity contribution < 1.29 is 14.3 Å². The number of thiophene rings is 1. The number of ether oxygens (including phenoxy) is 1. The Morgan fingerprint density at radius 3 is 2.76 bits per heavy atom. The molecule has 1 atom stereocenters. The second-order valence-electron chi connectivity index (χ2n) is 5.98. The Morgan fingerprint density at radius 1 is 1.28 bits per heavy atom. The quantitative estimate of drug-likeness (QED) is 0.814. The van der Waals surface area contributed by atoms with E-state index in [2.05, 4.69) is 11.4 Å². The summed E-state index contributed by atoms with van der Waals surface area (Å²) in [4.78, 5) is 27.2. The molecule has 132 valence electrons. The number of rotatable bonds is 5. The number of benzene rings is 1. The summed E-state index contributed by atoms with van der Waals surface area (Å²) in [6, 6.07) is 11.5. The third kappa shape index (κ3) is 4.39. The fraction of sp³-hybridized carbons (Fsp3) is 0.368. The molecule has 1 aromatic heterocycles. The number of carbonyl (C=O) groups is 2. The second-order valence-corrected chi connectivity index (χ2v) is 6.95. The Hall–Kier alpha value is -2.34. The van der Waals surface area contributed by atoms with Crippen LogP contribution in [0.2, 0.25) is 0 Å². The van der Waals surface area contributed by atoms with E-state index in [1.54, 1.807) is 18.3 Å². The standard InChI is InChI=1S/C19H22N2O3S/c1-2-24-18(22)13-14-7-9-15(10-8-14)20-19(23)21-11-3-5-16(21)17-6-4-12-25-17/h4,6-10,12,16H,2-3,5,11,13H2,1H3,(H,20,23)/t16-/m1/s1. The van der Waals surface area contributed by atoms with Crippen molar-refractivity contribution in [2.24, 2.45) is 0 Å². The Balaban J connectivity index is 1.60. The molecule has 6 heteroatoms. The number of amides is 2. The van der Waals surface area contributed by atoms with E-state index in [1.807, 2.05) is 40.6 Å². The van der Waals surface area contributed by atoms with Gasteiger partial charge in [-0.15, -0.1) is 11.3 Å². The Kier molecular flexibility index (Phi) is 5.71. The predicted molar refractivity (Wildman–Crippen MR) is 98.8 cm³/mol. The van der Waals surface area contributed by atoms with Crippen LogP contribution in [0.5, 0.6) is 0 Å². The topological polar surface area (TPSA) is 58.6 Å². The zero-order chi connectivity index (χ0) is 17.6. The first-order chi connectivity index (χ1) is 12.2. The van der Waals surface area contributed by atoms with Crippen LogP contribution in [-0.4, -0.2) is 30.1 Å². The molecule has 2 amide bonds. The van der Waals surface area contributed by atoms with Gasteiger partial charge in [0.25, 0.3) is 0 Å². The molecule has 2 heterocycles. The van der Waals surface area contributed by atoms with Crippen LogP contribution < -0.4 is 5.32 Å². The number of anilines is 1. The minimum atomic E-state index is -0.241. The maximum Gasteiger partial charge on any atom is 0.322 e. The number of carbonyl (C=O) groups excluding carboxylic acids is 2. The molecule has 0 radical (unpaired) electrons. The van der Waals surface area contributed by atoms with Gasteiger partial charge in [-0.2, -0.15) is 0 Å². The molecular weight excluding hydrogens is 336 g/mol. The van der Waals surface area contributed by atoms with Crippen LogP contribution in [0.3, 0.4) is 0 Å². The van der Waals surface area contributed by atoms with Crippen molar-refractivity contribution >= 4 is 29.0 Å². The molecular formula is C19H22N2O3S. The largest absolute Gasteiger partial charge is 0.466 e. The van der Waals surface area contributed by atoms with E-state index >= 15 is 0 Å². The van der Waals surface area contributed by atoms with Gasteiger partial charge in [0, 0.05) is 17.1 Å². The van der Waals surface area contributed by atoms with E-state index in [0.717, 1.165) is 30.6 Å². The molecule has 5 nitrogen and oxygen atoms in total. The Bertz CT molecular complexity index is 713. The van der Waals surface area contributed by atoms with Gasteiger partial charge in [-0.3, -0.25) is 4.79 Å². The Morgan fingerprint density at radius 2 is 2.08 bits per heavy atom. The predicted octanol–water partition coefficient (Wildman–Crippen LogP) is 4.22. The van der Waals surface area contributed by atoms with E-state index < -0.39 is 0 Å². The highest BCUT2D eigenvalue weighted by Gasteiger charge is 2.30. The average molecular weight is 358 g/mol. The summed E-state index contributed by atoms with van der Waals surface area (Å²) in [5.74, 6) is -0.241. The van der Waals surface area contributed by atoms with Crippen LogP contribution in [0.15, 0.2) is 41.8 Å². The third-order valence-electron chi connectivity index (χ3n) is 4.24. The Labute approximate surface area is 151 Å². The van der Waals surface area contributed by atoms with Gasteiger partial charge in [-0.1, -0.05) is 18.2 Å². The SMILES string of the molecule is CCOC(=O)Cc1ccc(NC(=O)N2CCC[C@@H]2c2cccs2)cc1. The van der Waals surface area contributed by atoms with Crippen molar-refractivity contribution in [2.45, 2.75) is 32.2 Å². The maximum atomic E-state index is 12.6. The third-order valence-corrected chi connectivity index (χ3v) is 5.22. The first-order valence-electron chi connectivity index (χ1n) is 8.53. The summed E-state index contributed by atoms with van der Waals surface area (Å²) in [5, 5.41) is 5.00. The van der Waals surface area contributed by atoms with Gasteiger partial charge < -0.3 is 15.0 Å². The van der Waals surface area contributed by atoms with Crippen molar-refractivity contribution in [3.05, 3.63) is 52.2 Å². The molecule has 0 aliphatic carbocycles. The molecule has 1 fully saturated rings. The summed E-state index contributed by atoms with van der Waals surface area (Å²) in [7, 11) is 0. The van der Waals surface area contributed by atoms with Gasteiger partial charge in [0.05, 0.1) is 19.1 Å². The van der Waals surface area contributed by atoms with E-state index in [1.165, 1.54) is 4.88 Å². The summed E-state index contributed by atoms with van der Waals surface area (Å²) in [6.45, 7) is 2.95. The van der Waals surface area contributed by atoms with E-state index in [9.17, 15) is 9.59 Å². The highest BCUT2D eigenvalue weighted by molar-refractivity contribution is 7.10.